The Hall–Kier alpha value is -1.06. The van der Waals surface area contributed by atoms with E-state index in [1.54, 1.807) is 0 Å². The third-order valence-electron chi connectivity index (χ3n) is 6.47. The van der Waals surface area contributed by atoms with Crippen molar-refractivity contribution in [3.63, 3.8) is 0 Å². The molecule has 0 aromatic heterocycles. The summed E-state index contributed by atoms with van der Waals surface area (Å²) >= 11 is 0. The molecule has 0 aliphatic rings. The summed E-state index contributed by atoms with van der Waals surface area (Å²) in [6.45, 7) is 10.6. The maximum Gasteiger partial charge on any atom is 0.0205 e. The maximum absolute atomic E-state index is 5.58. The molecule has 0 aliphatic heterocycles. The number of benzene rings is 1. The van der Waals surface area contributed by atoms with Crippen LogP contribution < -0.4 is 38.5 Å². The molecule has 210 valence electrons. The second kappa shape index (κ2) is 25.6. The zero-order valence-electron chi connectivity index (χ0n) is 23.2. The molecule has 0 radical (unpaired) electrons. The molecule has 0 saturated heterocycles. The van der Waals surface area contributed by atoms with Crippen LogP contribution in [0.1, 0.15) is 87.3 Å². The van der Waals surface area contributed by atoms with Crippen LogP contribution in [-0.4, -0.2) is 58.9 Å². The molecule has 1 aromatic carbocycles. The van der Waals surface area contributed by atoms with Crippen molar-refractivity contribution in [2.45, 2.75) is 90.1 Å². The van der Waals surface area contributed by atoms with Crippen LogP contribution in [0.5, 0.6) is 0 Å². The second-order valence-electron chi connectivity index (χ2n) is 10.0. The summed E-state index contributed by atoms with van der Waals surface area (Å²) in [5, 5.41) is 14.2. The summed E-state index contributed by atoms with van der Waals surface area (Å²) in [5.41, 5.74) is 21.0. The molecule has 0 fully saturated rings. The van der Waals surface area contributed by atoms with Crippen molar-refractivity contribution in [2.75, 3.05) is 58.9 Å². The third kappa shape index (κ3) is 20.0. The van der Waals surface area contributed by atoms with Crippen LogP contribution in [0.15, 0.2) is 18.2 Å². The van der Waals surface area contributed by atoms with E-state index in [2.05, 4.69) is 39.5 Å². The maximum atomic E-state index is 5.58. The molecular formula is C29H59N7. The Labute approximate surface area is 222 Å². The van der Waals surface area contributed by atoms with Crippen molar-refractivity contribution < 1.29 is 0 Å². The van der Waals surface area contributed by atoms with Gasteiger partial charge in [-0.3, -0.25) is 0 Å². The van der Waals surface area contributed by atoms with E-state index in [0.717, 1.165) is 104 Å². The normalized spacial score (nSPS) is 11.4. The molecule has 7 nitrogen and oxygen atoms in total. The smallest absolute Gasteiger partial charge is 0.0205 e. The number of hydrogen-bond donors (Lipinski definition) is 7. The Morgan fingerprint density at radius 3 is 1.42 bits per heavy atom. The first-order chi connectivity index (χ1) is 17.8. The van der Waals surface area contributed by atoms with Gasteiger partial charge in [0.15, 0.2) is 0 Å². The first kappa shape index (κ1) is 33.0. The largest absolute Gasteiger partial charge is 0.330 e. The van der Waals surface area contributed by atoms with E-state index < -0.39 is 0 Å². The molecule has 0 bridgehead atoms. The number of nitrogens with two attached hydrogens (primary N) is 3. The number of rotatable bonds is 27. The fraction of sp³-hybridized carbons (Fsp3) is 0.793. The van der Waals surface area contributed by atoms with Gasteiger partial charge in [0.25, 0.3) is 0 Å². The van der Waals surface area contributed by atoms with Crippen molar-refractivity contribution >= 4 is 0 Å². The van der Waals surface area contributed by atoms with Gasteiger partial charge < -0.3 is 38.5 Å². The summed E-state index contributed by atoms with van der Waals surface area (Å²) in [6, 6.07) is 7.21. The van der Waals surface area contributed by atoms with E-state index in [9.17, 15) is 0 Å². The highest BCUT2D eigenvalue weighted by atomic mass is 14.9. The molecule has 0 spiro atoms. The van der Waals surface area contributed by atoms with Crippen LogP contribution in [0.3, 0.4) is 0 Å². The summed E-state index contributed by atoms with van der Waals surface area (Å²) in [4.78, 5) is 0. The topological polar surface area (TPSA) is 126 Å². The number of nitrogens with one attached hydrogen (secondary N) is 4. The molecule has 1 rings (SSSR count). The van der Waals surface area contributed by atoms with Crippen LogP contribution in [-0.2, 0) is 19.5 Å². The van der Waals surface area contributed by atoms with E-state index in [1.807, 2.05) is 0 Å². The van der Waals surface area contributed by atoms with Gasteiger partial charge in [-0.1, -0.05) is 43.9 Å². The van der Waals surface area contributed by atoms with Gasteiger partial charge in [-0.15, -0.1) is 0 Å². The van der Waals surface area contributed by atoms with Crippen LogP contribution in [0.2, 0.25) is 0 Å². The van der Waals surface area contributed by atoms with Gasteiger partial charge in [-0.05, 0) is 127 Å². The number of hydrogen-bond acceptors (Lipinski definition) is 7. The zero-order valence-corrected chi connectivity index (χ0v) is 23.2. The van der Waals surface area contributed by atoms with Crippen LogP contribution in [0, 0.1) is 0 Å². The fourth-order valence-electron chi connectivity index (χ4n) is 4.38. The molecule has 36 heavy (non-hydrogen) atoms. The Kier molecular flexibility index (Phi) is 23.4. The number of unbranched alkanes of at least 4 members (excludes halogenated alkanes) is 6. The summed E-state index contributed by atoms with van der Waals surface area (Å²) < 4.78 is 0. The van der Waals surface area contributed by atoms with Gasteiger partial charge in [-0.25, -0.2) is 0 Å². The van der Waals surface area contributed by atoms with Gasteiger partial charge in [0.05, 0.1) is 0 Å². The quantitative estimate of drug-likeness (QED) is 0.0917. The molecule has 0 unspecified atom stereocenters. The zero-order chi connectivity index (χ0) is 25.9. The van der Waals surface area contributed by atoms with Gasteiger partial charge in [0.2, 0.25) is 0 Å². The third-order valence-corrected chi connectivity index (χ3v) is 6.47. The van der Waals surface area contributed by atoms with Gasteiger partial charge in [-0.2, -0.15) is 0 Å². The Morgan fingerprint density at radius 2 is 0.806 bits per heavy atom. The van der Waals surface area contributed by atoms with Crippen molar-refractivity contribution in [3.8, 4) is 0 Å². The van der Waals surface area contributed by atoms with E-state index in [-0.39, 0.29) is 0 Å². The molecule has 0 heterocycles. The monoisotopic (exact) mass is 505 g/mol. The van der Waals surface area contributed by atoms with Gasteiger partial charge >= 0.3 is 0 Å². The van der Waals surface area contributed by atoms with Gasteiger partial charge in [0, 0.05) is 13.1 Å². The summed E-state index contributed by atoms with van der Waals surface area (Å²) in [6.07, 6.45) is 14.5. The minimum Gasteiger partial charge on any atom is -0.330 e. The standard InChI is InChI=1S/C29H59N7/c30-13-6-2-1-3-7-17-35-25-28-22-27(12-5-4-8-16-33-18-9-14-31)23-29(24-28)26-36-21-11-20-34-19-10-15-32/h22-24,33-36H,1-21,25-26,30-32H2. The molecule has 0 aliphatic carbocycles. The van der Waals surface area contributed by atoms with Crippen LogP contribution in [0.25, 0.3) is 0 Å². The molecule has 10 N–H and O–H groups in total. The predicted molar refractivity (Wildman–Crippen MR) is 157 cm³/mol. The molecule has 0 amide bonds. The lowest BCUT2D eigenvalue weighted by atomic mass is 10.0. The van der Waals surface area contributed by atoms with Crippen LogP contribution in [0.4, 0.5) is 0 Å². The summed E-state index contributed by atoms with van der Waals surface area (Å²) in [7, 11) is 0. The molecular weight excluding hydrogens is 446 g/mol. The van der Waals surface area contributed by atoms with Crippen molar-refractivity contribution in [3.05, 3.63) is 34.9 Å². The minimum atomic E-state index is 0.763. The highest BCUT2D eigenvalue weighted by Gasteiger charge is 2.03. The minimum absolute atomic E-state index is 0.763. The Morgan fingerprint density at radius 1 is 0.389 bits per heavy atom. The molecule has 0 saturated carbocycles. The van der Waals surface area contributed by atoms with E-state index in [0.29, 0.717) is 0 Å². The lowest BCUT2D eigenvalue weighted by Gasteiger charge is -2.12. The van der Waals surface area contributed by atoms with E-state index in [4.69, 9.17) is 17.2 Å². The van der Waals surface area contributed by atoms with Crippen molar-refractivity contribution in [2.24, 2.45) is 17.2 Å². The highest BCUT2D eigenvalue weighted by Crippen LogP contribution is 2.14. The van der Waals surface area contributed by atoms with Gasteiger partial charge in [0.1, 0.15) is 0 Å². The SMILES string of the molecule is NCCCCCCCNCc1cc(CCCCCNCCCN)cc(CNCCCNCCCN)c1. The lowest BCUT2D eigenvalue weighted by Crippen LogP contribution is -2.23. The summed E-state index contributed by atoms with van der Waals surface area (Å²) in [5.74, 6) is 0. The second-order valence-corrected chi connectivity index (χ2v) is 10.0. The Bertz CT molecular complexity index is 504. The average Bonchev–Trinajstić information content (AvgIpc) is 2.89. The predicted octanol–water partition coefficient (Wildman–Crippen LogP) is 2.75. The molecule has 1 aromatic rings. The first-order valence-electron chi connectivity index (χ1n) is 14.8. The highest BCUT2D eigenvalue weighted by molar-refractivity contribution is 5.30. The molecule has 0 atom stereocenters. The fourth-order valence-corrected chi connectivity index (χ4v) is 4.38. The average molecular weight is 506 g/mol. The van der Waals surface area contributed by atoms with Crippen LogP contribution >= 0.6 is 0 Å². The first-order valence-corrected chi connectivity index (χ1v) is 14.8. The van der Waals surface area contributed by atoms with E-state index >= 15 is 0 Å². The number of aryl methyl sites for hydroxylation is 1. The Balaban J connectivity index is 2.40. The van der Waals surface area contributed by atoms with Crippen molar-refractivity contribution in [1.82, 2.24) is 21.3 Å². The lowest BCUT2D eigenvalue weighted by molar-refractivity contribution is 0.575. The molecule has 7 heteroatoms. The van der Waals surface area contributed by atoms with E-state index in [1.165, 1.54) is 61.6 Å². The van der Waals surface area contributed by atoms with Crippen molar-refractivity contribution in [1.29, 1.82) is 0 Å².